The molecule has 5 nitrogen and oxygen atoms in total. The van der Waals surface area contributed by atoms with E-state index >= 15 is 0 Å². The van der Waals surface area contributed by atoms with Crippen molar-refractivity contribution in [1.82, 2.24) is 10.6 Å². The molecule has 2 atom stereocenters. The van der Waals surface area contributed by atoms with Crippen molar-refractivity contribution in [3.05, 3.63) is 0 Å². The van der Waals surface area contributed by atoms with Gasteiger partial charge in [0.05, 0.1) is 6.54 Å². The maximum atomic E-state index is 11.8. The Labute approximate surface area is 115 Å². The van der Waals surface area contributed by atoms with E-state index in [2.05, 4.69) is 10.6 Å². The molecule has 1 aliphatic carbocycles. The van der Waals surface area contributed by atoms with E-state index in [9.17, 15) is 9.90 Å². The number of hydrogen-bond donors (Lipinski definition) is 3. The van der Waals surface area contributed by atoms with Crippen LogP contribution in [-0.4, -0.2) is 50.0 Å². The Morgan fingerprint density at radius 3 is 2.63 bits per heavy atom. The quantitative estimate of drug-likeness (QED) is 0.648. The molecule has 0 spiro atoms. The number of amides is 1. The number of hydrogen-bond acceptors (Lipinski definition) is 4. The molecule has 2 rings (SSSR count). The standard InChI is InChI=1S/C14H26N2O3/c17-10-12-3-1-2-11(12)8-15-9-14(18)16-13-4-6-19-7-5-13/h11-13,15,17H,1-10H2,(H,16,18). The van der Waals surface area contributed by atoms with Gasteiger partial charge in [0.1, 0.15) is 0 Å². The second-order valence-corrected chi connectivity index (χ2v) is 5.72. The highest BCUT2D eigenvalue weighted by molar-refractivity contribution is 5.78. The molecule has 1 amide bonds. The summed E-state index contributed by atoms with van der Waals surface area (Å²) in [7, 11) is 0. The highest BCUT2D eigenvalue weighted by Gasteiger charge is 2.26. The van der Waals surface area contributed by atoms with Crippen LogP contribution in [0.2, 0.25) is 0 Å². The van der Waals surface area contributed by atoms with Gasteiger partial charge in [0.25, 0.3) is 0 Å². The van der Waals surface area contributed by atoms with E-state index in [1.165, 1.54) is 12.8 Å². The molecule has 0 radical (unpaired) electrons. The van der Waals surface area contributed by atoms with Gasteiger partial charge in [0.15, 0.2) is 0 Å². The fourth-order valence-corrected chi connectivity index (χ4v) is 3.11. The molecule has 0 aromatic heterocycles. The second kappa shape index (κ2) is 7.82. The van der Waals surface area contributed by atoms with Crippen LogP contribution >= 0.6 is 0 Å². The van der Waals surface area contributed by atoms with E-state index in [0.717, 1.165) is 39.0 Å². The third kappa shape index (κ3) is 4.75. The van der Waals surface area contributed by atoms with Crippen molar-refractivity contribution in [2.45, 2.75) is 38.1 Å². The van der Waals surface area contributed by atoms with E-state index in [0.29, 0.717) is 18.4 Å². The summed E-state index contributed by atoms with van der Waals surface area (Å²) in [6, 6.07) is 0.278. The summed E-state index contributed by atoms with van der Waals surface area (Å²) < 4.78 is 5.26. The number of aliphatic hydroxyl groups excluding tert-OH is 1. The minimum atomic E-state index is 0.0745. The van der Waals surface area contributed by atoms with Crippen LogP contribution in [0.25, 0.3) is 0 Å². The molecule has 0 aromatic rings. The molecule has 2 aliphatic rings. The van der Waals surface area contributed by atoms with E-state index < -0.39 is 0 Å². The molecule has 1 saturated carbocycles. The van der Waals surface area contributed by atoms with Crippen LogP contribution in [-0.2, 0) is 9.53 Å². The molecular formula is C14H26N2O3. The van der Waals surface area contributed by atoms with E-state index in [1.54, 1.807) is 0 Å². The number of ether oxygens (including phenoxy) is 1. The van der Waals surface area contributed by atoms with Crippen LogP contribution in [0.15, 0.2) is 0 Å². The Morgan fingerprint density at radius 2 is 1.89 bits per heavy atom. The van der Waals surface area contributed by atoms with Crippen molar-refractivity contribution in [1.29, 1.82) is 0 Å². The van der Waals surface area contributed by atoms with E-state index in [4.69, 9.17) is 4.74 Å². The summed E-state index contributed by atoms with van der Waals surface area (Å²) >= 11 is 0. The average molecular weight is 270 g/mol. The average Bonchev–Trinajstić information content (AvgIpc) is 2.87. The van der Waals surface area contributed by atoms with Gasteiger partial charge in [-0.2, -0.15) is 0 Å². The van der Waals surface area contributed by atoms with Crippen LogP contribution < -0.4 is 10.6 Å². The van der Waals surface area contributed by atoms with Crippen LogP contribution in [0.5, 0.6) is 0 Å². The molecule has 5 heteroatoms. The minimum absolute atomic E-state index is 0.0745. The van der Waals surface area contributed by atoms with Crippen molar-refractivity contribution in [3.63, 3.8) is 0 Å². The number of nitrogens with one attached hydrogen (secondary N) is 2. The largest absolute Gasteiger partial charge is 0.396 e. The van der Waals surface area contributed by atoms with Crippen molar-refractivity contribution in [2.24, 2.45) is 11.8 Å². The first-order chi connectivity index (χ1) is 9.29. The Kier molecular flexibility index (Phi) is 6.07. The molecule has 110 valence electrons. The van der Waals surface area contributed by atoms with Gasteiger partial charge in [-0.1, -0.05) is 6.42 Å². The summed E-state index contributed by atoms with van der Waals surface area (Å²) in [6.45, 7) is 3.00. The number of carbonyl (C=O) groups excluding carboxylic acids is 1. The van der Waals surface area contributed by atoms with E-state index in [-0.39, 0.29) is 18.6 Å². The maximum absolute atomic E-state index is 11.8. The van der Waals surface area contributed by atoms with Gasteiger partial charge >= 0.3 is 0 Å². The lowest BCUT2D eigenvalue weighted by atomic mass is 9.97. The number of aliphatic hydroxyl groups is 1. The van der Waals surface area contributed by atoms with Crippen LogP contribution in [0.4, 0.5) is 0 Å². The normalized spacial score (nSPS) is 28.5. The number of rotatable bonds is 6. The first-order valence-electron chi connectivity index (χ1n) is 7.48. The zero-order valence-corrected chi connectivity index (χ0v) is 11.6. The summed E-state index contributed by atoms with van der Waals surface area (Å²) in [6.07, 6.45) is 5.32. The zero-order chi connectivity index (χ0) is 13.5. The Morgan fingerprint density at radius 1 is 1.16 bits per heavy atom. The van der Waals surface area contributed by atoms with Gasteiger partial charge in [-0.25, -0.2) is 0 Å². The molecule has 3 N–H and O–H groups in total. The van der Waals surface area contributed by atoms with Gasteiger partial charge in [0, 0.05) is 25.9 Å². The van der Waals surface area contributed by atoms with Gasteiger partial charge in [-0.05, 0) is 44.1 Å². The smallest absolute Gasteiger partial charge is 0.234 e. The Bertz CT molecular complexity index is 280. The molecule has 1 aliphatic heterocycles. The third-order valence-corrected chi connectivity index (χ3v) is 4.33. The molecule has 2 unspecified atom stereocenters. The highest BCUT2D eigenvalue weighted by atomic mass is 16.5. The van der Waals surface area contributed by atoms with Crippen LogP contribution in [0, 0.1) is 11.8 Å². The zero-order valence-electron chi connectivity index (χ0n) is 11.6. The molecule has 1 heterocycles. The highest BCUT2D eigenvalue weighted by Crippen LogP contribution is 2.30. The summed E-state index contributed by atoms with van der Waals surface area (Å²) in [5, 5.41) is 15.5. The van der Waals surface area contributed by atoms with Crippen LogP contribution in [0.3, 0.4) is 0 Å². The van der Waals surface area contributed by atoms with Crippen molar-refractivity contribution in [2.75, 3.05) is 32.9 Å². The van der Waals surface area contributed by atoms with Gasteiger partial charge in [0.2, 0.25) is 5.91 Å². The van der Waals surface area contributed by atoms with Crippen molar-refractivity contribution in [3.8, 4) is 0 Å². The predicted molar refractivity (Wildman–Crippen MR) is 72.8 cm³/mol. The first-order valence-corrected chi connectivity index (χ1v) is 7.48. The lowest BCUT2D eigenvalue weighted by Crippen LogP contribution is -2.43. The lowest BCUT2D eigenvalue weighted by Gasteiger charge is -2.23. The van der Waals surface area contributed by atoms with Crippen molar-refractivity contribution >= 4 is 5.91 Å². The molecule has 19 heavy (non-hydrogen) atoms. The number of carbonyl (C=O) groups is 1. The molecule has 0 bridgehead atoms. The summed E-state index contributed by atoms with van der Waals surface area (Å²) in [4.78, 5) is 11.8. The topological polar surface area (TPSA) is 70.6 Å². The molecule has 1 saturated heterocycles. The Balaban J connectivity index is 1.58. The van der Waals surface area contributed by atoms with E-state index in [1.807, 2.05) is 0 Å². The molecule has 0 aromatic carbocycles. The van der Waals surface area contributed by atoms with Gasteiger partial charge < -0.3 is 20.5 Å². The summed E-state index contributed by atoms with van der Waals surface area (Å²) in [5.41, 5.74) is 0. The first kappa shape index (κ1) is 14.8. The van der Waals surface area contributed by atoms with Gasteiger partial charge in [-0.15, -0.1) is 0 Å². The SMILES string of the molecule is O=C(CNCC1CCCC1CO)NC1CCOCC1. The second-order valence-electron chi connectivity index (χ2n) is 5.72. The Hall–Kier alpha value is -0.650. The fourth-order valence-electron chi connectivity index (χ4n) is 3.11. The third-order valence-electron chi connectivity index (χ3n) is 4.33. The summed E-state index contributed by atoms with van der Waals surface area (Å²) in [5.74, 6) is 1.03. The molecular weight excluding hydrogens is 244 g/mol. The van der Waals surface area contributed by atoms with Crippen molar-refractivity contribution < 1.29 is 14.6 Å². The monoisotopic (exact) mass is 270 g/mol. The predicted octanol–water partition coefficient (Wildman–Crippen LogP) is 0.280. The van der Waals surface area contributed by atoms with Gasteiger partial charge in [-0.3, -0.25) is 4.79 Å². The molecule has 2 fully saturated rings. The fraction of sp³-hybridized carbons (Fsp3) is 0.929. The lowest BCUT2D eigenvalue weighted by molar-refractivity contribution is -0.121. The van der Waals surface area contributed by atoms with Crippen LogP contribution in [0.1, 0.15) is 32.1 Å². The minimum Gasteiger partial charge on any atom is -0.396 e. The maximum Gasteiger partial charge on any atom is 0.234 e.